The van der Waals surface area contributed by atoms with Gasteiger partial charge in [0.1, 0.15) is 5.82 Å². The third kappa shape index (κ3) is 2.60. The second-order valence-corrected chi connectivity index (χ2v) is 5.51. The van der Waals surface area contributed by atoms with Crippen LogP contribution in [0.4, 0.5) is 10.1 Å². The van der Waals surface area contributed by atoms with Crippen molar-refractivity contribution in [1.82, 2.24) is 4.57 Å². The molecule has 0 unspecified atom stereocenters. The number of hydrogen-bond acceptors (Lipinski definition) is 2. The maximum atomic E-state index is 13.4. The number of aryl methyl sites for hydroxylation is 1. The van der Waals surface area contributed by atoms with Crippen molar-refractivity contribution in [1.29, 1.82) is 0 Å². The summed E-state index contributed by atoms with van der Waals surface area (Å²) in [7, 11) is 1.99. The molecule has 2 aromatic carbocycles. The number of aromatic nitrogens is 1. The number of nitrogens with zero attached hydrogens (tertiary/aromatic N) is 2. The van der Waals surface area contributed by atoms with Crippen molar-refractivity contribution in [3.8, 4) is 0 Å². The monoisotopic (exact) mass is 296 g/mol. The van der Waals surface area contributed by atoms with Crippen molar-refractivity contribution < 1.29 is 9.18 Å². The maximum Gasteiger partial charge on any atom is 0.152 e. The van der Waals surface area contributed by atoms with Crippen LogP contribution in [0.5, 0.6) is 0 Å². The molecule has 0 aliphatic rings. The van der Waals surface area contributed by atoms with Crippen molar-refractivity contribution in [2.75, 3.05) is 11.9 Å². The molecule has 0 N–H and O–H groups in total. The van der Waals surface area contributed by atoms with Crippen LogP contribution in [-0.4, -0.2) is 17.9 Å². The first kappa shape index (κ1) is 14.3. The lowest BCUT2D eigenvalue weighted by molar-refractivity contribution is 0.112. The van der Waals surface area contributed by atoms with Crippen LogP contribution in [0.2, 0.25) is 0 Å². The molecule has 0 fully saturated rings. The standard InChI is InChI=1S/C18H17FN2O/c1-13-3-6-16(7-4-13)20(2)12-21-10-14(11-22)17-9-15(19)5-8-18(17)21/h3-11H,12H2,1-2H3. The largest absolute Gasteiger partial charge is 0.357 e. The Morgan fingerprint density at radius 2 is 1.91 bits per heavy atom. The number of rotatable bonds is 4. The average Bonchev–Trinajstić information content (AvgIpc) is 2.85. The highest BCUT2D eigenvalue weighted by atomic mass is 19.1. The molecule has 0 amide bonds. The predicted octanol–water partition coefficient (Wildman–Crippen LogP) is 4.00. The molecule has 22 heavy (non-hydrogen) atoms. The molecule has 3 aromatic rings. The first-order chi connectivity index (χ1) is 10.6. The fraction of sp³-hybridized carbons (Fsp3) is 0.167. The number of carbonyl (C=O) groups excluding carboxylic acids is 1. The molecule has 0 aliphatic carbocycles. The molecular weight excluding hydrogens is 279 g/mol. The van der Waals surface area contributed by atoms with Crippen molar-refractivity contribution in [3.05, 3.63) is 65.6 Å². The summed E-state index contributed by atoms with van der Waals surface area (Å²) in [4.78, 5) is 13.3. The van der Waals surface area contributed by atoms with E-state index >= 15 is 0 Å². The summed E-state index contributed by atoms with van der Waals surface area (Å²) in [6, 6.07) is 12.8. The van der Waals surface area contributed by atoms with Crippen molar-refractivity contribution in [2.24, 2.45) is 0 Å². The van der Waals surface area contributed by atoms with E-state index in [0.29, 0.717) is 17.6 Å². The Kier molecular flexibility index (Phi) is 3.67. The lowest BCUT2D eigenvalue weighted by atomic mass is 10.2. The Balaban J connectivity index is 1.96. The van der Waals surface area contributed by atoms with Gasteiger partial charge in [0, 0.05) is 29.9 Å². The molecule has 0 aliphatic heterocycles. The van der Waals surface area contributed by atoms with Gasteiger partial charge in [0.15, 0.2) is 6.29 Å². The summed E-state index contributed by atoms with van der Waals surface area (Å²) >= 11 is 0. The highest BCUT2D eigenvalue weighted by Crippen LogP contribution is 2.23. The molecule has 0 saturated heterocycles. The SMILES string of the molecule is Cc1ccc(N(C)Cn2cc(C=O)c3cc(F)ccc32)cc1. The van der Waals surface area contributed by atoms with E-state index in [2.05, 4.69) is 29.2 Å². The molecule has 0 bridgehead atoms. The zero-order chi connectivity index (χ0) is 15.7. The summed E-state index contributed by atoms with van der Waals surface area (Å²) in [6.45, 7) is 2.63. The number of fused-ring (bicyclic) bond motifs is 1. The van der Waals surface area contributed by atoms with Gasteiger partial charge in [0.25, 0.3) is 0 Å². The highest BCUT2D eigenvalue weighted by molar-refractivity contribution is 5.97. The minimum Gasteiger partial charge on any atom is -0.357 e. The Morgan fingerprint density at radius 1 is 1.18 bits per heavy atom. The highest BCUT2D eigenvalue weighted by Gasteiger charge is 2.10. The normalized spacial score (nSPS) is 10.9. The van der Waals surface area contributed by atoms with Gasteiger partial charge in [-0.25, -0.2) is 4.39 Å². The summed E-state index contributed by atoms with van der Waals surface area (Å²) in [6.07, 6.45) is 2.53. The smallest absolute Gasteiger partial charge is 0.152 e. The van der Waals surface area contributed by atoms with Crippen molar-refractivity contribution in [3.63, 3.8) is 0 Å². The fourth-order valence-corrected chi connectivity index (χ4v) is 2.62. The van der Waals surface area contributed by atoms with Crippen molar-refractivity contribution in [2.45, 2.75) is 13.6 Å². The third-order valence-corrected chi connectivity index (χ3v) is 3.84. The van der Waals surface area contributed by atoms with E-state index in [1.807, 2.05) is 18.5 Å². The Morgan fingerprint density at radius 3 is 2.59 bits per heavy atom. The van der Waals surface area contributed by atoms with E-state index in [1.54, 1.807) is 12.3 Å². The fourth-order valence-electron chi connectivity index (χ4n) is 2.62. The van der Waals surface area contributed by atoms with E-state index in [4.69, 9.17) is 0 Å². The van der Waals surface area contributed by atoms with Gasteiger partial charge in [-0.1, -0.05) is 17.7 Å². The number of hydrogen-bond donors (Lipinski definition) is 0. The molecule has 1 aromatic heterocycles. The number of anilines is 1. The Hall–Kier alpha value is -2.62. The topological polar surface area (TPSA) is 25.2 Å². The quantitative estimate of drug-likeness (QED) is 0.680. The van der Waals surface area contributed by atoms with E-state index in [9.17, 15) is 9.18 Å². The second-order valence-electron chi connectivity index (χ2n) is 5.51. The molecule has 112 valence electrons. The molecule has 0 spiro atoms. The zero-order valence-corrected chi connectivity index (χ0v) is 12.6. The van der Waals surface area contributed by atoms with Crippen LogP contribution in [0.3, 0.4) is 0 Å². The summed E-state index contributed by atoms with van der Waals surface area (Å²) in [5, 5.41) is 0.646. The minimum atomic E-state index is -0.333. The van der Waals surface area contributed by atoms with Crippen LogP contribution in [0, 0.1) is 12.7 Å². The summed E-state index contributed by atoms with van der Waals surface area (Å²) in [5.41, 5.74) is 3.65. The number of halogens is 1. The van der Waals surface area contributed by atoms with Gasteiger partial charge in [-0.15, -0.1) is 0 Å². The van der Waals surface area contributed by atoms with E-state index in [1.165, 1.54) is 17.7 Å². The first-order valence-corrected chi connectivity index (χ1v) is 7.10. The molecule has 0 atom stereocenters. The molecule has 4 heteroatoms. The van der Waals surface area contributed by atoms with Gasteiger partial charge in [0.2, 0.25) is 0 Å². The van der Waals surface area contributed by atoms with E-state index in [-0.39, 0.29) is 5.82 Å². The summed E-state index contributed by atoms with van der Waals surface area (Å²) in [5.74, 6) is -0.333. The maximum absolute atomic E-state index is 13.4. The number of carbonyl (C=O) groups is 1. The molecule has 1 heterocycles. The molecule has 0 saturated carbocycles. The first-order valence-electron chi connectivity index (χ1n) is 7.10. The predicted molar refractivity (Wildman–Crippen MR) is 86.9 cm³/mol. The molecular formula is C18H17FN2O. The van der Waals surface area contributed by atoms with Crippen LogP contribution in [0.1, 0.15) is 15.9 Å². The Labute approximate surface area is 128 Å². The van der Waals surface area contributed by atoms with E-state index < -0.39 is 0 Å². The van der Waals surface area contributed by atoms with Gasteiger partial charge < -0.3 is 9.47 Å². The molecule has 3 rings (SSSR count). The van der Waals surface area contributed by atoms with Crippen LogP contribution in [-0.2, 0) is 6.67 Å². The van der Waals surface area contributed by atoms with E-state index in [0.717, 1.165) is 17.5 Å². The third-order valence-electron chi connectivity index (χ3n) is 3.84. The average molecular weight is 296 g/mol. The number of aldehydes is 1. The lowest BCUT2D eigenvalue weighted by Crippen LogP contribution is -2.20. The second kappa shape index (κ2) is 5.64. The van der Waals surface area contributed by atoms with Gasteiger partial charge in [-0.2, -0.15) is 0 Å². The number of benzene rings is 2. The Bertz CT molecular complexity index is 821. The van der Waals surface area contributed by atoms with Gasteiger partial charge in [-0.3, -0.25) is 4.79 Å². The molecule has 3 nitrogen and oxygen atoms in total. The van der Waals surface area contributed by atoms with Crippen LogP contribution < -0.4 is 4.90 Å². The van der Waals surface area contributed by atoms with Crippen LogP contribution >= 0.6 is 0 Å². The van der Waals surface area contributed by atoms with Gasteiger partial charge in [0.05, 0.1) is 12.2 Å². The van der Waals surface area contributed by atoms with Crippen molar-refractivity contribution >= 4 is 22.9 Å². The molecule has 0 radical (unpaired) electrons. The summed E-state index contributed by atoms with van der Waals surface area (Å²) < 4.78 is 15.3. The van der Waals surface area contributed by atoms with Crippen LogP contribution in [0.25, 0.3) is 10.9 Å². The van der Waals surface area contributed by atoms with Gasteiger partial charge >= 0.3 is 0 Å². The van der Waals surface area contributed by atoms with Crippen LogP contribution in [0.15, 0.2) is 48.7 Å². The lowest BCUT2D eigenvalue weighted by Gasteiger charge is -2.21. The zero-order valence-electron chi connectivity index (χ0n) is 12.6. The van der Waals surface area contributed by atoms with Gasteiger partial charge in [-0.05, 0) is 37.3 Å². The minimum absolute atomic E-state index is 0.333.